The van der Waals surface area contributed by atoms with Gasteiger partial charge in [0.05, 0.1) is 18.3 Å². The molecule has 2 heterocycles. The number of benzene rings is 2. The molecule has 2 aromatic heterocycles. The van der Waals surface area contributed by atoms with Crippen molar-refractivity contribution in [3.63, 3.8) is 0 Å². The fourth-order valence-electron chi connectivity index (χ4n) is 4.11. The summed E-state index contributed by atoms with van der Waals surface area (Å²) in [4.78, 5) is 17.6. The Morgan fingerprint density at radius 1 is 0.972 bits per heavy atom. The summed E-state index contributed by atoms with van der Waals surface area (Å²) in [7, 11) is 1.87. The molecule has 2 aromatic carbocycles. The third-order valence-corrected chi connectivity index (χ3v) is 6.29. The lowest BCUT2D eigenvalue weighted by Crippen LogP contribution is -2.22. The van der Waals surface area contributed by atoms with Crippen LogP contribution in [-0.4, -0.2) is 20.7 Å². The summed E-state index contributed by atoms with van der Waals surface area (Å²) in [5, 5.41) is 7.88. The molecule has 36 heavy (non-hydrogen) atoms. The molecule has 6 nitrogen and oxygen atoms in total. The predicted molar refractivity (Wildman–Crippen MR) is 143 cm³/mol. The number of amides is 1. The van der Waals surface area contributed by atoms with Crippen LogP contribution in [0.4, 0.5) is 5.82 Å². The Morgan fingerprint density at radius 3 is 2.47 bits per heavy atom. The van der Waals surface area contributed by atoms with Crippen LogP contribution in [0.1, 0.15) is 48.3 Å². The van der Waals surface area contributed by atoms with Gasteiger partial charge in [0.1, 0.15) is 18.2 Å². The van der Waals surface area contributed by atoms with E-state index < -0.39 is 0 Å². The maximum Gasteiger partial charge on any atom is 0.233 e. The number of halogens is 1. The molecule has 1 unspecified atom stereocenters. The Balaban J connectivity index is 1.29. The lowest BCUT2D eigenvalue weighted by molar-refractivity contribution is -0.117. The molecule has 0 spiro atoms. The van der Waals surface area contributed by atoms with Crippen molar-refractivity contribution in [1.82, 2.24) is 14.8 Å². The lowest BCUT2D eigenvalue weighted by atomic mass is 9.92. The molecule has 0 fully saturated rings. The van der Waals surface area contributed by atoms with E-state index in [9.17, 15) is 4.79 Å². The summed E-state index contributed by atoms with van der Waals surface area (Å²) in [6.07, 6.45) is 10.2. The van der Waals surface area contributed by atoms with Crippen LogP contribution in [0.2, 0.25) is 5.02 Å². The van der Waals surface area contributed by atoms with Gasteiger partial charge in [-0.2, -0.15) is 5.10 Å². The summed E-state index contributed by atoms with van der Waals surface area (Å²) in [6, 6.07) is 21.5. The van der Waals surface area contributed by atoms with Crippen LogP contribution in [0.3, 0.4) is 0 Å². The van der Waals surface area contributed by atoms with Crippen molar-refractivity contribution in [2.75, 3.05) is 5.32 Å². The number of rotatable bonds is 12. The van der Waals surface area contributed by atoms with Crippen molar-refractivity contribution in [2.45, 2.75) is 44.6 Å². The number of aryl methyl sites for hydroxylation is 2. The van der Waals surface area contributed by atoms with E-state index >= 15 is 0 Å². The summed E-state index contributed by atoms with van der Waals surface area (Å²) in [5.41, 5.74) is 3.29. The molecule has 0 saturated carbocycles. The van der Waals surface area contributed by atoms with Crippen molar-refractivity contribution in [2.24, 2.45) is 7.05 Å². The minimum absolute atomic E-state index is 0.0459. The molecule has 0 radical (unpaired) electrons. The molecule has 4 aromatic rings. The van der Waals surface area contributed by atoms with E-state index in [2.05, 4.69) is 27.5 Å². The van der Waals surface area contributed by atoms with Crippen LogP contribution in [0.25, 0.3) is 0 Å². The molecular weight excluding hydrogens is 472 g/mol. The molecule has 0 saturated heterocycles. The zero-order chi connectivity index (χ0) is 25.2. The van der Waals surface area contributed by atoms with Crippen LogP contribution in [0.5, 0.6) is 5.75 Å². The van der Waals surface area contributed by atoms with E-state index in [1.807, 2.05) is 61.8 Å². The van der Waals surface area contributed by atoms with Gasteiger partial charge in [-0.3, -0.25) is 9.48 Å². The quantitative estimate of drug-likeness (QED) is 0.222. The van der Waals surface area contributed by atoms with Gasteiger partial charge in [0.25, 0.3) is 0 Å². The highest BCUT2D eigenvalue weighted by Gasteiger charge is 2.20. The molecule has 1 N–H and O–H groups in total. The van der Waals surface area contributed by atoms with Crippen LogP contribution >= 0.6 is 11.6 Å². The maximum absolute atomic E-state index is 13.2. The van der Waals surface area contributed by atoms with Gasteiger partial charge in [0.15, 0.2) is 0 Å². The molecule has 0 aliphatic heterocycles. The number of carbonyl (C=O) groups excluding carboxylic acids is 1. The molecule has 7 heteroatoms. The fraction of sp³-hybridized carbons (Fsp3) is 0.276. The van der Waals surface area contributed by atoms with Crippen LogP contribution in [-0.2, 0) is 24.9 Å². The zero-order valence-corrected chi connectivity index (χ0v) is 21.2. The number of nitrogens with one attached hydrogen (secondary N) is 1. The van der Waals surface area contributed by atoms with Gasteiger partial charge in [0, 0.05) is 23.8 Å². The third kappa shape index (κ3) is 7.68. The third-order valence-electron chi connectivity index (χ3n) is 6.04. The first kappa shape index (κ1) is 25.5. The number of unbranched alkanes of at least 4 members (excludes halogenated alkanes) is 2. The Kier molecular flexibility index (Phi) is 9.11. The summed E-state index contributed by atoms with van der Waals surface area (Å²) in [6.45, 7) is 0.412. The first-order chi connectivity index (χ1) is 17.6. The topological polar surface area (TPSA) is 69.0 Å². The molecule has 0 bridgehead atoms. The van der Waals surface area contributed by atoms with Crippen molar-refractivity contribution < 1.29 is 9.53 Å². The highest BCUT2D eigenvalue weighted by atomic mass is 35.5. The average molecular weight is 503 g/mol. The number of anilines is 1. The second kappa shape index (κ2) is 12.9. The number of hydrogen-bond donors (Lipinski definition) is 1. The first-order valence-electron chi connectivity index (χ1n) is 12.2. The van der Waals surface area contributed by atoms with Crippen molar-refractivity contribution in [3.8, 4) is 5.75 Å². The summed E-state index contributed by atoms with van der Waals surface area (Å²) < 4.78 is 7.50. The van der Waals surface area contributed by atoms with Gasteiger partial charge in [-0.1, -0.05) is 66.9 Å². The normalized spacial score (nSPS) is 11.7. The van der Waals surface area contributed by atoms with E-state index in [0.717, 1.165) is 48.3 Å². The maximum atomic E-state index is 13.2. The van der Waals surface area contributed by atoms with Gasteiger partial charge in [-0.25, -0.2) is 4.98 Å². The molecule has 4 rings (SSSR count). The summed E-state index contributed by atoms with van der Waals surface area (Å²) >= 11 is 5.97. The van der Waals surface area contributed by atoms with E-state index in [1.165, 1.54) is 5.56 Å². The lowest BCUT2D eigenvalue weighted by Gasteiger charge is -2.17. The highest BCUT2D eigenvalue weighted by Crippen LogP contribution is 2.25. The SMILES string of the molecule is Cn1cc(COc2ccc(NC(=O)C(CCCCCc3ccc(Cl)cc3)c3ccccc3)nc2)cn1. The first-order valence-corrected chi connectivity index (χ1v) is 12.6. The van der Waals surface area contributed by atoms with Crippen LogP contribution < -0.4 is 10.1 Å². The Labute approximate surface area is 217 Å². The Morgan fingerprint density at radius 2 is 1.78 bits per heavy atom. The van der Waals surface area contributed by atoms with E-state index in [1.54, 1.807) is 23.1 Å². The number of hydrogen-bond acceptors (Lipinski definition) is 4. The number of nitrogens with zero attached hydrogens (tertiary/aromatic N) is 3. The smallest absolute Gasteiger partial charge is 0.233 e. The van der Waals surface area contributed by atoms with Gasteiger partial charge in [0.2, 0.25) is 5.91 Å². The van der Waals surface area contributed by atoms with Crippen LogP contribution in [0, 0.1) is 0 Å². The van der Waals surface area contributed by atoms with E-state index in [-0.39, 0.29) is 11.8 Å². The Hall–Kier alpha value is -3.64. The zero-order valence-electron chi connectivity index (χ0n) is 20.4. The predicted octanol–water partition coefficient (Wildman–Crippen LogP) is 6.57. The van der Waals surface area contributed by atoms with E-state index in [0.29, 0.717) is 18.2 Å². The number of carbonyl (C=O) groups is 1. The summed E-state index contributed by atoms with van der Waals surface area (Å²) in [5.74, 6) is 0.870. The standard InChI is InChI=1S/C29H31ClN4O2/c1-34-20-23(18-32-34)21-36-26-16-17-28(31-19-26)33-29(35)27(24-9-5-3-6-10-24)11-7-2-4-8-22-12-14-25(30)15-13-22/h3,5-6,9-10,12-20,27H,2,4,7-8,11,21H2,1H3,(H,31,33,35). The van der Waals surface area contributed by atoms with E-state index in [4.69, 9.17) is 16.3 Å². The molecular formula is C29H31ClN4O2. The molecule has 1 atom stereocenters. The minimum Gasteiger partial charge on any atom is -0.487 e. The number of pyridine rings is 1. The fourth-order valence-corrected chi connectivity index (χ4v) is 4.23. The van der Waals surface area contributed by atoms with Gasteiger partial charge < -0.3 is 10.1 Å². The van der Waals surface area contributed by atoms with Gasteiger partial charge in [-0.05, 0) is 54.7 Å². The number of aromatic nitrogens is 3. The average Bonchev–Trinajstić information content (AvgIpc) is 3.32. The molecule has 1 amide bonds. The van der Waals surface area contributed by atoms with Gasteiger partial charge >= 0.3 is 0 Å². The highest BCUT2D eigenvalue weighted by molar-refractivity contribution is 6.30. The van der Waals surface area contributed by atoms with Crippen molar-refractivity contribution >= 4 is 23.3 Å². The molecule has 186 valence electrons. The second-order valence-electron chi connectivity index (χ2n) is 8.87. The monoisotopic (exact) mass is 502 g/mol. The van der Waals surface area contributed by atoms with Gasteiger partial charge in [-0.15, -0.1) is 0 Å². The van der Waals surface area contributed by atoms with Crippen molar-refractivity contribution in [1.29, 1.82) is 0 Å². The molecule has 0 aliphatic rings. The second-order valence-corrected chi connectivity index (χ2v) is 9.30. The minimum atomic E-state index is -0.231. The van der Waals surface area contributed by atoms with Crippen LogP contribution in [0.15, 0.2) is 85.3 Å². The molecule has 0 aliphatic carbocycles. The van der Waals surface area contributed by atoms with Crippen molar-refractivity contribution in [3.05, 3.63) is 107 Å². The Bertz CT molecular complexity index is 1220. The largest absolute Gasteiger partial charge is 0.487 e. The number of ether oxygens (including phenoxy) is 1.